The number of primary amides is 1. The smallest absolute Gasteiger partial charge is 0.276 e. The topological polar surface area (TPSA) is 230 Å². The molecule has 0 radical (unpaired) electrons. The minimum atomic E-state index is -0.671. The highest BCUT2D eigenvalue weighted by Gasteiger charge is 2.23. The van der Waals surface area contributed by atoms with Crippen molar-refractivity contribution >= 4 is 57.7 Å². The van der Waals surface area contributed by atoms with Crippen LogP contribution in [0.3, 0.4) is 0 Å². The van der Waals surface area contributed by atoms with Crippen molar-refractivity contribution in [3.8, 4) is 5.75 Å². The highest BCUT2D eigenvalue weighted by molar-refractivity contribution is 6.04. The van der Waals surface area contributed by atoms with Gasteiger partial charge in [0.1, 0.15) is 28.2 Å². The number of benzene rings is 1. The zero-order valence-corrected chi connectivity index (χ0v) is 35.7. The molecule has 1 aromatic carbocycles. The van der Waals surface area contributed by atoms with Gasteiger partial charge in [-0.05, 0) is 70.5 Å². The van der Waals surface area contributed by atoms with E-state index in [1.807, 2.05) is 45.9 Å². The number of anilines is 2. The van der Waals surface area contributed by atoms with Crippen LogP contribution in [0.25, 0.3) is 22.2 Å². The fraction of sp³-hybridized carbons (Fsp3) is 0.405. The number of nitrogens with two attached hydrogens (primary N) is 1. The van der Waals surface area contributed by atoms with E-state index >= 15 is 0 Å². The number of carbonyl (C=O) groups excluding carboxylic acids is 4. The average Bonchev–Trinajstić information content (AvgIpc) is 4.03. The zero-order chi connectivity index (χ0) is 43.9. The van der Waals surface area contributed by atoms with Crippen LogP contribution >= 0.6 is 0 Å². The van der Waals surface area contributed by atoms with Crippen molar-refractivity contribution in [3.63, 3.8) is 0 Å². The lowest BCUT2D eigenvalue weighted by atomic mass is 10.1. The largest absolute Gasteiger partial charge is 0.491 e. The van der Waals surface area contributed by atoms with E-state index in [0.29, 0.717) is 83.6 Å². The Morgan fingerprint density at radius 2 is 1.48 bits per heavy atom. The quantitative estimate of drug-likeness (QED) is 0.0723. The Balaban J connectivity index is 1.16. The number of imidazole rings is 2. The molecule has 5 aromatic heterocycles. The molecule has 0 unspecified atom stereocenters. The van der Waals surface area contributed by atoms with Crippen molar-refractivity contribution in [1.29, 1.82) is 0 Å². The van der Waals surface area contributed by atoms with Crippen molar-refractivity contribution in [2.75, 3.05) is 63.6 Å². The van der Waals surface area contributed by atoms with Gasteiger partial charge in [0.15, 0.2) is 5.65 Å². The lowest BCUT2D eigenvalue weighted by molar-refractivity contribution is -0.131. The molecule has 0 aliphatic carbocycles. The van der Waals surface area contributed by atoms with Gasteiger partial charge in [0.05, 0.1) is 30.1 Å². The van der Waals surface area contributed by atoms with Crippen LogP contribution in [0.5, 0.6) is 5.75 Å². The molecule has 326 valence electrons. The monoisotopic (exact) mass is 847 g/mol. The first-order valence-corrected chi connectivity index (χ1v) is 20.8. The van der Waals surface area contributed by atoms with Gasteiger partial charge in [-0.3, -0.25) is 48.6 Å². The maximum atomic E-state index is 13.8. The summed E-state index contributed by atoms with van der Waals surface area (Å²) in [4.78, 5) is 70.6. The number of hydrogen-bond acceptors (Lipinski definition) is 12. The molecule has 4 amide bonds. The summed E-state index contributed by atoms with van der Waals surface area (Å²) in [5, 5.41) is 18.0. The first kappa shape index (κ1) is 43.2. The SMILES string of the molecule is CCn1nc(C)cc1C(=O)Nc1nc2cccnc2n1C/C=C/Cn1c(NC(=O)c2cc(C)nn2CC)nc2cc(C(N)=O)cc(OCCCN(C)C(=O)CN3CCNCC3)c21. The summed E-state index contributed by atoms with van der Waals surface area (Å²) in [6, 6.07) is 10.2. The number of rotatable bonds is 18. The van der Waals surface area contributed by atoms with Gasteiger partial charge in [0.2, 0.25) is 23.7 Å². The number of allylic oxidation sites excluding steroid dienone is 2. The van der Waals surface area contributed by atoms with Crippen LogP contribution in [0.4, 0.5) is 11.9 Å². The Morgan fingerprint density at radius 3 is 2.11 bits per heavy atom. The van der Waals surface area contributed by atoms with Crippen molar-refractivity contribution in [2.24, 2.45) is 5.73 Å². The molecule has 0 spiro atoms. The van der Waals surface area contributed by atoms with Gasteiger partial charge in [0.25, 0.3) is 11.8 Å². The second-order valence-electron chi connectivity index (χ2n) is 15.0. The molecule has 7 rings (SSSR count). The van der Waals surface area contributed by atoms with Gasteiger partial charge >= 0.3 is 0 Å². The Hall–Kier alpha value is -6.93. The van der Waals surface area contributed by atoms with E-state index in [1.54, 1.807) is 67.0 Å². The number of fused-ring (bicyclic) bond motifs is 2. The highest BCUT2D eigenvalue weighted by atomic mass is 16.5. The number of piperazine rings is 1. The predicted octanol–water partition coefficient (Wildman–Crippen LogP) is 2.82. The number of nitrogens with one attached hydrogen (secondary N) is 3. The number of nitrogens with zero attached hydrogens (tertiary/aromatic N) is 11. The van der Waals surface area contributed by atoms with Gasteiger partial charge in [-0.2, -0.15) is 10.2 Å². The standard InChI is InChI=1S/C42H53N15O5/c1-6-56-32(22-27(3)50-56)39(60)48-41-47-31-24-29(37(43)59)25-34(62-21-11-16-52(5)35(58)26-53-19-14-44-15-20-53)36(31)54(41)17-8-9-18-55-38-30(12-10-13-45-38)46-42(55)49-40(61)33-23-28(4)51-57(33)7-2/h8-10,12-13,22-25,44H,6-7,11,14-21,26H2,1-5H3,(H2,43,59)(H,46,49,61)(H,47,48,60)/b9-8+. The summed E-state index contributed by atoms with van der Waals surface area (Å²) in [5.41, 5.74) is 10.2. The molecule has 20 nitrogen and oxygen atoms in total. The van der Waals surface area contributed by atoms with Gasteiger partial charge in [-0.1, -0.05) is 12.2 Å². The Morgan fingerprint density at radius 1 is 0.871 bits per heavy atom. The molecule has 1 saturated heterocycles. The van der Waals surface area contributed by atoms with Crippen LogP contribution in [-0.4, -0.2) is 130 Å². The van der Waals surface area contributed by atoms with Crippen LogP contribution in [-0.2, 0) is 31.0 Å². The first-order chi connectivity index (χ1) is 29.9. The molecule has 20 heteroatoms. The Bertz CT molecular complexity index is 2630. The van der Waals surface area contributed by atoms with Crippen LogP contribution in [0.1, 0.15) is 63.0 Å². The molecule has 1 aliphatic heterocycles. The first-order valence-electron chi connectivity index (χ1n) is 20.8. The maximum Gasteiger partial charge on any atom is 0.276 e. The number of amides is 4. The molecule has 0 atom stereocenters. The number of likely N-dealkylation sites (N-methyl/N-ethyl adjacent to an activating group) is 1. The normalized spacial score (nSPS) is 13.3. The molecular formula is C42H53N15O5. The fourth-order valence-electron chi connectivity index (χ4n) is 7.40. The maximum absolute atomic E-state index is 13.8. The molecule has 5 N–H and O–H groups in total. The number of carbonyl (C=O) groups is 4. The number of hydrogen-bond donors (Lipinski definition) is 4. The summed E-state index contributed by atoms with van der Waals surface area (Å²) in [7, 11) is 1.78. The fourth-order valence-corrected chi connectivity index (χ4v) is 7.40. The molecule has 1 fully saturated rings. The highest BCUT2D eigenvalue weighted by Crippen LogP contribution is 2.32. The summed E-state index contributed by atoms with van der Waals surface area (Å²) >= 11 is 0. The van der Waals surface area contributed by atoms with E-state index in [4.69, 9.17) is 15.5 Å². The molecule has 1 aliphatic rings. The van der Waals surface area contributed by atoms with Gasteiger partial charge in [-0.25, -0.2) is 15.0 Å². The van der Waals surface area contributed by atoms with Gasteiger partial charge in [-0.15, -0.1) is 0 Å². The second kappa shape index (κ2) is 19.2. The van der Waals surface area contributed by atoms with E-state index in [0.717, 1.165) is 31.9 Å². The van der Waals surface area contributed by atoms with E-state index in [-0.39, 0.29) is 43.0 Å². The zero-order valence-electron chi connectivity index (χ0n) is 35.7. The molecular weight excluding hydrogens is 795 g/mol. The van der Waals surface area contributed by atoms with Crippen molar-refractivity contribution < 1.29 is 23.9 Å². The van der Waals surface area contributed by atoms with Crippen molar-refractivity contribution in [2.45, 2.75) is 60.3 Å². The lowest BCUT2D eigenvalue weighted by Crippen LogP contribution is -2.48. The number of pyridine rings is 1. The van der Waals surface area contributed by atoms with Crippen molar-refractivity contribution in [1.82, 2.24) is 58.8 Å². The predicted molar refractivity (Wildman–Crippen MR) is 233 cm³/mol. The van der Waals surface area contributed by atoms with Crippen molar-refractivity contribution in [3.05, 3.63) is 83.1 Å². The van der Waals surface area contributed by atoms with E-state index < -0.39 is 11.8 Å². The summed E-state index contributed by atoms with van der Waals surface area (Å²) in [6.07, 6.45) is 5.95. The van der Waals surface area contributed by atoms with Gasteiger partial charge < -0.3 is 25.3 Å². The molecule has 62 heavy (non-hydrogen) atoms. The molecule has 0 saturated carbocycles. The third kappa shape index (κ3) is 9.66. The van der Waals surface area contributed by atoms with E-state index in [1.165, 1.54) is 0 Å². The van der Waals surface area contributed by atoms with Crippen LogP contribution in [0.15, 0.2) is 54.7 Å². The van der Waals surface area contributed by atoms with Gasteiger partial charge in [0, 0.05) is 77.7 Å². The second-order valence-corrected chi connectivity index (χ2v) is 15.0. The minimum Gasteiger partial charge on any atom is -0.491 e. The number of aryl methyl sites for hydroxylation is 4. The third-order valence-electron chi connectivity index (χ3n) is 10.5. The lowest BCUT2D eigenvalue weighted by Gasteiger charge is -2.28. The van der Waals surface area contributed by atoms with E-state index in [2.05, 4.69) is 41.0 Å². The molecule has 6 aromatic rings. The summed E-state index contributed by atoms with van der Waals surface area (Å²) in [6.45, 7) is 13.3. The van der Waals surface area contributed by atoms with Crippen LogP contribution in [0, 0.1) is 13.8 Å². The third-order valence-corrected chi connectivity index (χ3v) is 10.5. The Kier molecular flexibility index (Phi) is 13.4. The number of aromatic nitrogens is 9. The summed E-state index contributed by atoms with van der Waals surface area (Å²) in [5.74, 6) is -0.572. The van der Waals surface area contributed by atoms with Crippen LogP contribution < -0.4 is 26.4 Å². The summed E-state index contributed by atoms with van der Waals surface area (Å²) < 4.78 is 13.2. The van der Waals surface area contributed by atoms with Crippen LogP contribution in [0.2, 0.25) is 0 Å². The molecule has 6 heterocycles. The average molecular weight is 848 g/mol. The minimum absolute atomic E-state index is 0.0304. The molecule has 0 bridgehead atoms. The van der Waals surface area contributed by atoms with E-state index in [9.17, 15) is 19.2 Å². The Labute approximate surface area is 358 Å². The number of ether oxygens (including phenoxy) is 1.